The lowest BCUT2D eigenvalue weighted by Gasteiger charge is -2.19. The van der Waals surface area contributed by atoms with Crippen molar-refractivity contribution in [2.75, 3.05) is 6.54 Å². The number of hydrogen-bond acceptors (Lipinski definition) is 2. The Kier molecular flexibility index (Phi) is 4.77. The molecule has 3 rings (SSSR count). The van der Waals surface area contributed by atoms with Gasteiger partial charge in [-0.1, -0.05) is 35.9 Å². The van der Waals surface area contributed by atoms with Crippen molar-refractivity contribution in [3.8, 4) is 0 Å². The second kappa shape index (κ2) is 6.75. The Morgan fingerprint density at radius 3 is 2.75 bits per heavy atom. The van der Waals surface area contributed by atoms with Crippen LogP contribution in [-0.4, -0.2) is 12.6 Å². The van der Waals surface area contributed by atoms with E-state index < -0.39 is 0 Å². The van der Waals surface area contributed by atoms with Crippen LogP contribution in [0.2, 0.25) is 5.02 Å². The molecule has 0 spiro atoms. The van der Waals surface area contributed by atoms with E-state index >= 15 is 0 Å². The highest BCUT2D eigenvalue weighted by molar-refractivity contribution is 7.09. The maximum Gasteiger partial charge on any atom is 0.0441 e. The normalized spacial score (nSPS) is 16.2. The number of benzene rings is 1. The van der Waals surface area contributed by atoms with Gasteiger partial charge < -0.3 is 5.32 Å². The largest absolute Gasteiger partial charge is 0.313 e. The molecule has 1 aliphatic carbocycles. The van der Waals surface area contributed by atoms with Crippen molar-refractivity contribution < 1.29 is 0 Å². The van der Waals surface area contributed by atoms with E-state index in [-0.39, 0.29) is 0 Å². The lowest BCUT2D eigenvalue weighted by Crippen LogP contribution is -2.24. The van der Waals surface area contributed by atoms with Crippen molar-refractivity contribution in [3.05, 3.63) is 57.2 Å². The third-order valence-corrected chi connectivity index (χ3v) is 5.18. The standard InChI is InChI=1S/C17H20ClNS/c18-17-6-2-1-5-16(17)13(12-19-14-8-9-14)7-10-15-4-3-11-20-15/h1-6,11,13-14,19H,7-10,12H2. The van der Waals surface area contributed by atoms with Crippen LogP contribution in [-0.2, 0) is 6.42 Å². The number of nitrogens with one attached hydrogen (secondary N) is 1. The molecule has 1 atom stereocenters. The van der Waals surface area contributed by atoms with Crippen molar-refractivity contribution in [2.24, 2.45) is 0 Å². The summed E-state index contributed by atoms with van der Waals surface area (Å²) in [7, 11) is 0. The van der Waals surface area contributed by atoms with E-state index in [1.165, 1.54) is 23.3 Å². The number of thiophene rings is 1. The van der Waals surface area contributed by atoms with E-state index in [2.05, 4.69) is 35.0 Å². The molecule has 106 valence electrons. The van der Waals surface area contributed by atoms with Crippen LogP contribution in [0.5, 0.6) is 0 Å². The van der Waals surface area contributed by atoms with Crippen molar-refractivity contribution in [2.45, 2.75) is 37.6 Å². The van der Waals surface area contributed by atoms with Gasteiger partial charge in [-0.05, 0) is 54.7 Å². The number of aryl methyl sites for hydroxylation is 1. The first-order valence-electron chi connectivity index (χ1n) is 7.33. The molecule has 0 radical (unpaired) electrons. The molecule has 1 saturated carbocycles. The number of rotatable bonds is 7. The Hall–Kier alpha value is -0.830. The first kappa shape index (κ1) is 14.1. The van der Waals surface area contributed by atoms with Crippen LogP contribution in [0.3, 0.4) is 0 Å². The molecule has 0 bridgehead atoms. The number of halogens is 1. The lowest BCUT2D eigenvalue weighted by molar-refractivity contribution is 0.550. The van der Waals surface area contributed by atoms with E-state index in [0.29, 0.717) is 5.92 Å². The molecule has 0 aliphatic heterocycles. The van der Waals surface area contributed by atoms with Crippen LogP contribution < -0.4 is 5.32 Å². The summed E-state index contributed by atoms with van der Waals surface area (Å²) in [6.07, 6.45) is 4.96. The Morgan fingerprint density at radius 1 is 1.20 bits per heavy atom. The zero-order chi connectivity index (χ0) is 13.8. The second-order valence-corrected chi connectivity index (χ2v) is 6.96. The first-order valence-corrected chi connectivity index (χ1v) is 8.59. The Labute approximate surface area is 130 Å². The van der Waals surface area contributed by atoms with Crippen LogP contribution >= 0.6 is 22.9 Å². The van der Waals surface area contributed by atoms with Crippen molar-refractivity contribution in [3.63, 3.8) is 0 Å². The highest BCUT2D eigenvalue weighted by Gasteiger charge is 2.23. The van der Waals surface area contributed by atoms with Crippen molar-refractivity contribution in [1.29, 1.82) is 0 Å². The molecule has 1 unspecified atom stereocenters. The molecule has 1 aromatic heterocycles. The smallest absolute Gasteiger partial charge is 0.0441 e. The molecule has 2 aromatic rings. The Morgan fingerprint density at radius 2 is 2.05 bits per heavy atom. The lowest BCUT2D eigenvalue weighted by atomic mass is 9.93. The third-order valence-electron chi connectivity index (χ3n) is 3.89. The predicted molar refractivity (Wildman–Crippen MR) is 87.9 cm³/mol. The Balaban J connectivity index is 1.67. The summed E-state index contributed by atoms with van der Waals surface area (Å²) >= 11 is 8.23. The van der Waals surface area contributed by atoms with E-state index in [1.54, 1.807) is 0 Å². The van der Waals surface area contributed by atoms with Crippen LogP contribution in [0.25, 0.3) is 0 Å². The monoisotopic (exact) mass is 305 g/mol. The summed E-state index contributed by atoms with van der Waals surface area (Å²) in [5.41, 5.74) is 1.29. The van der Waals surface area contributed by atoms with Gasteiger partial charge in [0.2, 0.25) is 0 Å². The summed E-state index contributed by atoms with van der Waals surface area (Å²) in [5.74, 6) is 0.506. The van der Waals surface area contributed by atoms with Gasteiger partial charge in [-0.3, -0.25) is 0 Å². The highest BCUT2D eigenvalue weighted by atomic mass is 35.5. The topological polar surface area (TPSA) is 12.0 Å². The molecule has 0 amide bonds. The zero-order valence-corrected chi connectivity index (χ0v) is 13.1. The van der Waals surface area contributed by atoms with Gasteiger partial charge in [0.25, 0.3) is 0 Å². The molecule has 1 aromatic carbocycles. The predicted octanol–water partition coefficient (Wildman–Crippen LogP) is 4.87. The molecule has 3 heteroatoms. The van der Waals surface area contributed by atoms with Gasteiger partial charge in [0, 0.05) is 22.5 Å². The van der Waals surface area contributed by atoms with E-state index in [4.69, 9.17) is 11.6 Å². The van der Waals surface area contributed by atoms with Gasteiger partial charge in [0.15, 0.2) is 0 Å². The van der Waals surface area contributed by atoms with Gasteiger partial charge in [0.1, 0.15) is 0 Å². The summed E-state index contributed by atoms with van der Waals surface area (Å²) in [6, 6.07) is 13.4. The molecule has 1 N–H and O–H groups in total. The molecular weight excluding hydrogens is 286 g/mol. The summed E-state index contributed by atoms with van der Waals surface area (Å²) < 4.78 is 0. The molecule has 1 heterocycles. The average Bonchev–Trinajstić information content (AvgIpc) is 3.14. The third kappa shape index (κ3) is 3.85. The SMILES string of the molecule is Clc1ccccc1C(CCc1cccs1)CNC1CC1. The van der Waals surface area contributed by atoms with Crippen LogP contribution in [0.1, 0.15) is 35.6 Å². The van der Waals surface area contributed by atoms with Gasteiger partial charge in [-0.15, -0.1) is 11.3 Å². The molecule has 0 saturated heterocycles. The summed E-state index contributed by atoms with van der Waals surface area (Å²) in [5, 5.41) is 6.72. The molecule has 1 nitrogen and oxygen atoms in total. The zero-order valence-electron chi connectivity index (χ0n) is 11.5. The summed E-state index contributed by atoms with van der Waals surface area (Å²) in [6.45, 7) is 1.04. The fourth-order valence-electron chi connectivity index (χ4n) is 2.54. The van der Waals surface area contributed by atoms with Gasteiger partial charge in [-0.25, -0.2) is 0 Å². The molecule has 1 fully saturated rings. The Bertz CT molecular complexity index is 534. The maximum absolute atomic E-state index is 6.39. The van der Waals surface area contributed by atoms with Crippen LogP contribution in [0.4, 0.5) is 0 Å². The first-order chi connectivity index (χ1) is 9.83. The fraction of sp³-hybridized carbons (Fsp3) is 0.412. The maximum atomic E-state index is 6.39. The summed E-state index contributed by atoms with van der Waals surface area (Å²) in [4.78, 5) is 1.47. The average molecular weight is 306 g/mol. The highest BCUT2D eigenvalue weighted by Crippen LogP contribution is 2.29. The van der Waals surface area contributed by atoms with Gasteiger partial charge >= 0.3 is 0 Å². The van der Waals surface area contributed by atoms with Crippen LogP contribution in [0, 0.1) is 0 Å². The minimum absolute atomic E-state index is 0.506. The fourth-order valence-corrected chi connectivity index (χ4v) is 3.56. The molecular formula is C17H20ClNS. The van der Waals surface area contributed by atoms with Gasteiger partial charge in [-0.2, -0.15) is 0 Å². The number of hydrogen-bond donors (Lipinski definition) is 1. The van der Waals surface area contributed by atoms with Crippen molar-refractivity contribution in [1.82, 2.24) is 5.32 Å². The van der Waals surface area contributed by atoms with Gasteiger partial charge in [0.05, 0.1) is 0 Å². The van der Waals surface area contributed by atoms with Crippen molar-refractivity contribution >= 4 is 22.9 Å². The van der Waals surface area contributed by atoms with E-state index in [1.807, 2.05) is 23.5 Å². The minimum Gasteiger partial charge on any atom is -0.313 e. The quantitative estimate of drug-likeness (QED) is 0.769. The van der Waals surface area contributed by atoms with Crippen LogP contribution in [0.15, 0.2) is 41.8 Å². The molecule has 20 heavy (non-hydrogen) atoms. The molecule has 1 aliphatic rings. The van der Waals surface area contributed by atoms with E-state index in [0.717, 1.165) is 30.5 Å². The second-order valence-electron chi connectivity index (χ2n) is 5.52. The van der Waals surface area contributed by atoms with E-state index in [9.17, 15) is 0 Å². The minimum atomic E-state index is 0.506.